The van der Waals surface area contributed by atoms with E-state index in [1.165, 1.54) is 56.7 Å². The van der Waals surface area contributed by atoms with Crippen molar-refractivity contribution in [1.29, 1.82) is 0 Å². The molecule has 0 spiro atoms. The van der Waals surface area contributed by atoms with Gasteiger partial charge < -0.3 is 14.2 Å². The fraction of sp³-hybridized carbons (Fsp3) is 0.167. The number of para-hydroxylation sites is 1. The lowest BCUT2D eigenvalue weighted by Crippen LogP contribution is -2.17. The quantitative estimate of drug-likeness (QED) is 0.567. The predicted octanol–water partition coefficient (Wildman–Crippen LogP) is 4.50. The monoisotopic (exact) mass is 352 g/mol. The highest BCUT2D eigenvalue weighted by Crippen LogP contribution is 2.29. The Balaban J connectivity index is 2.24. The van der Waals surface area contributed by atoms with Crippen molar-refractivity contribution in [3.05, 3.63) is 59.7 Å². The van der Waals surface area contributed by atoms with Gasteiger partial charge in [0.05, 0.1) is 14.2 Å². The molecule has 25 heavy (non-hydrogen) atoms. The fourth-order valence-electron chi connectivity index (χ4n) is 2.09. The minimum absolute atomic E-state index is 0.133. The molecule has 2 aromatic carbocycles. The summed E-state index contributed by atoms with van der Waals surface area (Å²) in [4.78, 5) is 12.2. The summed E-state index contributed by atoms with van der Waals surface area (Å²) in [7, 11) is 2.91. The van der Waals surface area contributed by atoms with E-state index >= 15 is 0 Å². The molecule has 4 nitrogen and oxygen atoms in total. The van der Waals surface area contributed by atoms with Gasteiger partial charge in [-0.05, 0) is 36.4 Å². The summed E-state index contributed by atoms with van der Waals surface area (Å²) in [5, 5.41) is 0. The van der Waals surface area contributed by atoms with E-state index in [0.717, 1.165) is 0 Å². The number of alkyl halides is 3. The number of methoxy groups -OCH3 is 2. The molecular formula is C18H15F3O4. The molecule has 0 aromatic heterocycles. The average Bonchev–Trinajstić information content (AvgIpc) is 2.58. The second kappa shape index (κ2) is 7.74. The van der Waals surface area contributed by atoms with Crippen molar-refractivity contribution in [3.63, 3.8) is 0 Å². The highest BCUT2D eigenvalue weighted by Gasteiger charge is 2.31. The van der Waals surface area contributed by atoms with Gasteiger partial charge >= 0.3 is 6.36 Å². The summed E-state index contributed by atoms with van der Waals surface area (Å²) in [5.74, 6) is 0.0589. The standard InChI is InChI=1S/C18H15F3O4/c1-23-16-10-8-13(11-17(16)24-2)14(22)9-7-12-5-3-4-6-15(12)25-18(19,20)21/h3-11H,1-2H3. The number of halogens is 3. The van der Waals surface area contributed by atoms with Crippen molar-refractivity contribution >= 4 is 11.9 Å². The summed E-state index contributed by atoms with van der Waals surface area (Å²) in [5.41, 5.74) is 0.441. The molecule has 132 valence electrons. The molecule has 0 fully saturated rings. The number of allylic oxidation sites excluding steroid dienone is 1. The van der Waals surface area contributed by atoms with Gasteiger partial charge in [0.2, 0.25) is 0 Å². The fourth-order valence-corrected chi connectivity index (χ4v) is 2.09. The first-order valence-electron chi connectivity index (χ1n) is 7.13. The molecular weight excluding hydrogens is 337 g/mol. The van der Waals surface area contributed by atoms with Crippen molar-refractivity contribution in [2.75, 3.05) is 14.2 Å². The van der Waals surface area contributed by atoms with Crippen molar-refractivity contribution in [1.82, 2.24) is 0 Å². The maximum Gasteiger partial charge on any atom is 0.573 e. The van der Waals surface area contributed by atoms with Gasteiger partial charge in [-0.2, -0.15) is 0 Å². The summed E-state index contributed by atoms with van der Waals surface area (Å²) < 4.78 is 51.3. The van der Waals surface area contributed by atoms with Crippen LogP contribution < -0.4 is 14.2 Å². The van der Waals surface area contributed by atoms with E-state index in [-0.39, 0.29) is 11.3 Å². The summed E-state index contributed by atoms with van der Waals surface area (Å²) >= 11 is 0. The normalized spacial score (nSPS) is 11.4. The Morgan fingerprint density at radius 1 is 0.960 bits per heavy atom. The van der Waals surface area contributed by atoms with Crippen molar-refractivity contribution in [3.8, 4) is 17.2 Å². The van der Waals surface area contributed by atoms with Gasteiger partial charge in [0.25, 0.3) is 0 Å². The van der Waals surface area contributed by atoms with Crippen LogP contribution in [0, 0.1) is 0 Å². The number of hydrogen-bond donors (Lipinski definition) is 0. The first kappa shape index (κ1) is 18.4. The van der Waals surface area contributed by atoms with Crippen LogP contribution in [0.3, 0.4) is 0 Å². The molecule has 0 aliphatic heterocycles. The van der Waals surface area contributed by atoms with Crippen LogP contribution in [0.4, 0.5) is 13.2 Å². The number of benzene rings is 2. The lowest BCUT2D eigenvalue weighted by atomic mass is 10.1. The second-order valence-corrected chi connectivity index (χ2v) is 4.85. The minimum atomic E-state index is -4.81. The maximum atomic E-state index is 12.4. The molecule has 0 saturated carbocycles. The van der Waals surface area contributed by atoms with Gasteiger partial charge in [-0.1, -0.05) is 18.2 Å². The van der Waals surface area contributed by atoms with Gasteiger partial charge in [-0.3, -0.25) is 4.79 Å². The number of carbonyl (C=O) groups is 1. The Labute approximate surface area is 142 Å². The van der Waals surface area contributed by atoms with E-state index in [2.05, 4.69) is 4.74 Å². The summed E-state index contributed by atoms with van der Waals surface area (Å²) in [6.07, 6.45) is -2.38. The smallest absolute Gasteiger partial charge is 0.493 e. The molecule has 0 amide bonds. The van der Waals surface area contributed by atoms with Gasteiger partial charge in [0.15, 0.2) is 17.3 Å². The number of carbonyl (C=O) groups excluding carboxylic acids is 1. The predicted molar refractivity (Wildman–Crippen MR) is 86.0 cm³/mol. The Hall–Kier alpha value is -2.96. The molecule has 0 radical (unpaired) electrons. The topological polar surface area (TPSA) is 44.8 Å². The van der Waals surface area contributed by atoms with Crippen molar-refractivity contribution < 1.29 is 32.2 Å². The molecule has 0 saturated heterocycles. The Bertz CT molecular complexity index is 782. The highest BCUT2D eigenvalue weighted by atomic mass is 19.4. The van der Waals surface area contributed by atoms with E-state index in [0.29, 0.717) is 17.1 Å². The van der Waals surface area contributed by atoms with E-state index < -0.39 is 12.1 Å². The second-order valence-electron chi connectivity index (χ2n) is 4.85. The third kappa shape index (κ3) is 5.00. The summed E-state index contributed by atoms with van der Waals surface area (Å²) in [6, 6.07) is 10.1. The number of rotatable bonds is 6. The van der Waals surface area contributed by atoms with Gasteiger partial charge in [-0.25, -0.2) is 0 Å². The maximum absolute atomic E-state index is 12.4. The molecule has 0 aliphatic rings. The molecule has 2 rings (SSSR count). The first-order valence-corrected chi connectivity index (χ1v) is 7.13. The molecule has 0 bridgehead atoms. The molecule has 0 unspecified atom stereocenters. The van der Waals surface area contributed by atoms with Crippen molar-refractivity contribution in [2.45, 2.75) is 6.36 Å². The minimum Gasteiger partial charge on any atom is -0.493 e. The zero-order valence-corrected chi connectivity index (χ0v) is 13.5. The van der Waals surface area contributed by atoms with E-state index in [4.69, 9.17) is 9.47 Å². The van der Waals surface area contributed by atoms with Gasteiger partial charge in [0.1, 0.15) is 5.75 Å². The van der Waals surface area contributed by atoms with Crippen molar-refractivity contribution in [2.24, 2.45) is 0 Å². The Kier molecular flexibility index (Phi) is 5.69. The Morgan fingerprint density at radius 3 is 2.28 bits per heavy atom. The van der Waals surface area contributed by atoms with Gasteiger partial charge in [0, 0.05) is 11.1 Å². The van der Waals surface area contributed by atoms with Gasteiger partial charge in [-0.15, -0.1) is 13.2 Å². The molecule has 7 heteroatoms. The molecule has 0 aliphatic carbocycles. The lowest BCUT2D eigenvalue weighted by molar-refractivity contribution is -0.274. The van der Waals surface area contributed by atoms with E-state index in [1.54, 1.807) is 12.1 Å². The van der Waals surface area contributed by atoms with E-state index in [9.17, 15) is 18.0 Å². The van der Waals surface area contributed by atoms with Crippen LogP contribution in [0.1, 0.15) is 15.9 Å². The average molecular weight is 352 g/mol. The van der Waals surface area contributed by atoms with Crippen LogP contribution in [0.15, 0.2) is 48.5 Å². The third-order valence-corrected chi connectivity index (χ3v) is 3.23. The third-order valence-electron chi connectivity index (χ3n) is 3.23. The van der Waals surface area contributed by atoms with Crippen LogP contribution in [0.5, 0.6) is 17.2 Å². The van der Waals surface area contributed by atoms with Crippen LogP contribution in [0.25, 0.3) is 6.08 Å². The van der Waals surface area contributed by atoms with Crippen LogP contribution in [-0.4, -0.2) is 26.4 Å². The van der Waals surface area contributed by atoms with Crippen LogP contribution in [0.2, 0.25) is 0 Å². The van der Waals surface area contributed by atoms with Crippen LogP contribution in [-0.2, 0) is 0 Å². The SMILES string of the molecule is COc1ccc(C(=O)C=Cc2ccccc2OC(F)(F)F)cc1OC. The number of ketones is 1. The van der Waals surface area contributed by atoms with E-state index in [1.807, 2.05) is 0 Å². The first-order chi connectivity index (χ1) is 11.8. The Morgan fingerprint density at radius 2 is 1.64 bits per heavy atom. The lowest BCUT2D eigenvalue weighted by Gasteiger charge is -2.11. The zero-order valence-electron chi connectivity index (χ0n) is 13.5. The summed E-state index contributed by atoms with van der Waals surface area (Å²) in [6.45, 7) is 0. The largest absolute Gasteiger partial charge is 0.573 e. The zero-order chi connectivity index (χ0) is 18.4. The number of hydrogen-bond acceptors (Lipinski definition) is 4. The molecule has 2 aromatic rings. The highest BCUT2D eigenvalue weighted by molar-refractivity contribution is 6.07. The number of ether oxygens (including phenoxy) is 3. The molecule has 0 atom stereocenters. The molecule has 0 heterocycles. The molecule has 0 N–H and O–H groups in total. The van der Waals surface area contributed by atoms with Crippen LogP contribution >= 0.6 is 0 Å².